The number of ether oxygens (including phenoxy) is 1. The maximum Gasteiger partial charge on any atom is 0.109 e. The number of nitrogens with one attached hydrogen (secondary N) is 1. The van der Waals surface area contributed by atoms with Gasteiger partial charge in [0, 0.05) is 13.2 Å². The topological polar surface area (TPSA) is 45.0 Å². The number of hydrogen-bond acceptors (Lipinski definition) is 3. The second kappa shape index (κ2) is 5.84. The van der Waals surface area contributed by atoms with E-state index >= 15 is 0 Å². The molecule has 0 amide bonds. The van der Waals surface area contributed by atoms with Gasteiger partial charge in [0.25, 0.3) is 0 Å². The smallest absolute Gasteiger partial charge is 0.109 e. The summed E-state index contributed by atoms with van der Waals surface area (Å²) in [6.45, 7) is 1.74. The first-order chi connectivity index (χ1) is 8.30. The molecule has 2 unspecified atom stereocenters. The van der Waals surface area contributed by atoms with Crippen molar-refractivity contribution in [2.45, 2.75) is 50.5 Å². The highest BCUT2D eigenvalue weighted by Crippen LogP contribution is 2.37. The summed E-state index contributed by atoms with van der Waals surface area (Å²) >= 11 is 0. The molecule has 0 aromatic carbocycles. The third kappa shape index (κ3) is 3.20. The fourth-order valence-electron chi connectivity index (χ4n) is 2.98. The van der Waals surface area contributed by atoms with Gasteiger partial charge in [0.1, 0.15) is 5.54 Å². The summed E-state index contributed by atoms with van der Waals surface area (Å²) in [6.07, 6.45) is 8.40. The van der Waals surface area contributed by atoms with Crippen LogP contribution in [0.5, 0.6) is 0 Å². The first-order valence-electron chi connectivity index (χ1n) is 6.98. The SMILES string of the molecule is CNC1(C#N)CCCC1CCOCCC1CC1. The van der Waals surface area contributed by atoms with E-state index in [1.54, 1.807) is 0 Å². The van der Waals surface area contributed by atoms with Gasteiger partial charge < -0.3 is 10.1 Å². The Morgan fingerprint density at radius 3 is 2.71 bits per heavy atom. The molecule has 0 bridgehead atoms. The Morgan fingerprint density at radius 2 is 2.06 bits per heavy atom. The molecule has 2 saturated carbocycles. The zero-order valence-corrected chi connectivity index (χ0v) is 10.9. The van der Waals surface area contributed by atoms with E-state index in [0.29, 0.717) is 5.92 Å². The molecule has 0 aliphatic heterocycles. The molecule has 2 atom stereocenters. The fraction of sp³-hybridized carbons (Fsp3) is 0.929. The lowest BCUT2D eigenvalue weighted by Crippen LogP contribution is -2.45. The normalized spacial score (nSPS) is 32.6. The van der Waals surface area contributed by atoms with Crippen molar-refractivity contribution in [3.05, 3.63) is 0 Å². The maximum atomic E-state index is 9.32. The quantitative estimate of drug-likeness (QED) is 0.691. The van der Waals surface area contributed by atoms with Crippen molar-refractivity contribution in [2.24, 2.45) is 11.8 Å². The van der Waals surface area contributed by atoms with E-state index in [1.165, 1.54) is 32.1 Å². The summed E-state index contributed by atoms with van der Waals surface area (Å²) in [4.78, 5) is 0. The van der Waals surface area contributed by atoms with Crippen molar-refractivity contribution in [2.75, 3.05) is 20.3 Å². The number of nitrogens with zero attached hydrogens (tertiary/aromatic N) is 1. The fourth-order valence-corrected chi connectivity index (χ4v) is 2.98. The first kappa shape index (κ1) is 12.9. The van der Waals surface area contributed by atoms with Crippen LogP contribution in [-0.2, 0) is 4.74 Å². The van der Waals surface area contributed by atoms with Crippen molar-refractivity contribution in [3.8, 4) is 6.07 Å². The van der Waals surface area contributed by atoms with Crippen LogP contribution in [0.4, 0.5) is 0 Å². The first-order valence-corrected chi connectivity index (χ1v) is 6.98. The highest BCUT2D eigenvalue weighted by molar-refractivity contribution is 5.13. The molecule has 0 aromatic rings. The van der Waals surface area contributed by atoms with Gasteiger partial charge >= 0.3 is 0 Å². The van der Waals surface area contributed by atoms with Crippen LogP contribution < -0.4 is 5.32 Å². The minimum absolute atomic E-state index is 0.278. The number of rotatable bonds is 7. The molecule has 0 radical (unpaired) electrons. The minimum Gasteiger partial charge on any atom is -0.381 e. The zero-order chi connectivity index (χ0) is 12.1. The summed E-state index contributed by atoms with van der Waals surface area (Å²) in [5.41, 5.74) is -0.278. The second-order valence-corrected chi connectivity index (χ2v) is 5.56. The molecule has 0 saturated heterocycles. The van der Waals surface area contributed by atoms with Crippen LogP contribution in [0.15, 0.2) is 0 Å². The molecule has 2 aliphatic rings. The number of nitriles is 1. The molecule has 0 aromatic heterocycles. The Hall–Kier alpha value is -0.590. The average molecular weight is 236 g/mol. The highest BCUT2D eigenvalue weighted by Gasteiger charge is 2.41. The monoisotopic (exact) mass is 236 g/mol. The molecule has 17 heavy (non-hydrogen) atoms. The molecular formula is C14H24N2O. The molecular weight excluding hydrogens is 212 g/mol. The van der Waals surface area contributed by atoms with Crippen LogP contribution in [0.3, 0.4) is 0 Å². The standard InChI is InChI=1S/C14H24N2O/c1-16-14(11-15)8-2-3-13(14)7-10-17-9-6-12-4-5-12/h12-13,16H,2-10H2,1H3. The lowest BCUT2D eigenvalue weighted by atomic mass is 9.86. The van der Waals surface area contributed by atoms with E-state index in [0.717, 1.165) is 32.0 Å². The Labute approximate surface area is 105 Å². The van der Waals surface area contributed by atoms with E-state index in [9.17, 15) is 5.26 Å². The molecule has 2 fully saturated rings. The van der Waals surface area contributed by atoms with E-state index in [-0.39, 0.29) is 5.54 Å². The van der Waals surface area contributed by atoms with Crippen molar-refractivity contribution in [1.29, 1.82) is 5.26 Å². The van der Waals surface area contributed by atoms with Crippen molar-refractivity contribution in [3.63, 3.8) is 0 Å². The van der Waals surface area contributed by atoms with Crippen LogP contribution in [-0.4, -0.2) is 25.8 Å². The highest BCUT2D eigenvalue weighted by atomic mass is 16.5. The van der Waals surface area contributed by atoms with E-state index in [2.05, 4.69) is 11.4 Å². The van der Waals surface area contributed by atoms with Gasteiger partial charge in [-0.05, 0) is 44.6 Å². The van der Waals surface area contributed by atoms with E-state index in [4.69, 9.17) is 4.74 Å². The molecule has 3 nitrogen and oxygen atoms in total. The third-order valence-corrected chi connectivity index (χ3v) is 4.44. The van der Waals surface area contributed by atoms with Crippen LogP contribution in [0.2, 0.25) is 0 Å². The van der Waals surface area contributed by atoms with Gasteiger partial charge in [-0.1, -0.05) is 19.3 Å². The largest absolute Gasteiger partial charge is 0.381 e. The van der Waals surface area contributed by atoms with Gasteiger partial charge in [-0.3, -0.25) is 0 Å². The lowest BCUT2D eigenvalue weighted by Gasteiger charge is -2.28. The molecule has 2 aliphatic carbocycles. The summed E-state index contributed by atoms with van der Waals surface area (Å²) < 4.78 is 5.69. The Kier molecular flexibility index (Phi) is 4.42. The van der Waals surface area contributed by atoms with Gasteiger partial charge in [0.05, 0.1) is 6.07 Å². The Balaban J connectivity index is 1.65. The zero-order valence-electron chi connectivity index (χ0n) is 10.9. The van der Waals surface area contributed by atoms with E-state index < -0.39 is 0 Å². The Bertz CT molecular complexity index is 282. The van der Waals surface area contributed by atoms with Crippen LogP contribution in [0.1, 0.15) is 44.9 Å². The number of hydrogen-bond donors (Lipinski definition) is 1. The Morgan fingerprint density at radius 1 is 1.29 bits per heavy atom. The van der Waals surface area contributed by atoms with Crippen LogP contribution >= 0.6 is 0 Å². The second-order valence-electron chi connectivity index (χ2n) is 5.56. The van der Waals surface area contributed by atoms with Crippen molar-refractivity contribution >= 4 is 0 Å². The molecule has 1 N–H and O–H groups in total. The van der Waals surface area contributed by atoms with Crippen molar-refractivity contribution < 1.29 is 4.74 Å². The van der Waals surface area contributed by atoms with Gasteiger partial charge in [0.15, 0.2) is 0 Å². The minimum atomic E-state index is -0.278. The van der Waals surface area contributed by atoms with Crippen LogP contribution in [0.25, 0.3) is 0 Å². The molecule has 2 rings (SSSR count). The van der Waals surface area contributed by atoms with E-state index in [1.807, 2.05) is 7.05 Å². The van der Waals surface area contributed by atoms with Gasteiger partial charge in [-0.2, -0.15) is 5.26 Å². The van der Waals surface area contributed by atoms with Crippen molar-refractivity contribution in [1.82, 2.24) is 5.32 Å². The van der Waals surface area contributed by atoms with Gasteiger partial charge in [-0.15, -0.1) is 0 Å². The molecule has 0 heterocycles. The third-order valence-electron chi connectivity index (χ3n) is 4.44. The van der Waals surface area contributed by atoms with Gasteiger partial charge in [0.2, 0.25) is 0 Å². The maximum absolute atomic E-state index is 9.32. The van der Waals surface area contributed by atoms with Crippen LogP contribution in [0, 0.1) is 23.2 Å². The summed E-state index contributed by atoms with van der Waals surface area (Å²) in [5.74, 6) is 1.43. The summed E-state index contributed by atoms with van der Waals surface area (Å²) in [7, 11) is 1.91. The van der Waals surface area contributed by atoms with Gasteiger partial charge in [-0.25, -0.2) is 0 Å². The lowest BCUT2D eigenvalue weighted by molar-refractivity contribution is 0.107. The average Bonchev–Trinajstić information content (AvgIpc) is 3.09. The molecule has 0 spiro atoms. The summed E-state index contributed by atoms with van der Waals surface area (Å²) in [5, 5.41) is 12.5. The molecule has 96 valence electrons. The molecule has 3 heteroatoms. The predicted octanol–water partition coefficient (Wildman–Crippen LogP) is 2.48. The predicted molar refractivity (Wildman–Crippen MR) is 67.5 cm³/mol. The summed E-state index contributed by atoms with van der Waals surface area (Å²) in [6, 6.07) is 2.48.